The second-order valence-corrected chi connectivity index (χ2v) is 19.4. The van der Waals surface area contributed by atoms with E-state index in [0.29, 0.717) is 37.8 Å². The number of aromatic hydroxyl groups is 1. The van der Waals surface area contributed by atoms with Gasteiger partial charge in [0.2, 0.25) is 65.0 Å². The number of nitrogens with one attached hydrogen (secondary N) is 7. The average molecular weight is 1010 g/mol. The maximum absolute atomic E-state index is 14.5. The second kappa shape index (κ2) is 29.0. The molecule has 1 aromatic carbocycles. The standard InChI is InChI=1S/C43H66N12O12S2/c1-3-23(2)36-42(66)51-27(13-14-32(45)57)38(62)52-29(20-33(46)58)39(63)53-30(22-69-68-18-15-35(60)49-28(40(64)54-36)19-24-9-11-25(56)12-10-24)43(67)55-17-6-8-31(55)41(65)50-26(7-4-5-16-44)37(61)48-21-34(47)59/h9-12,23,26-31,36,56H,3-8,13-22,44H2,1-2H3,(H2,45,57)(H2,46,58)(H2,47,59)(H,48,61)(H,49,60)(H,50,65)(H,51,66)(H,52,62)(H,53,63)(H,54,64)/t23-,26+,27-,28-,29+,30+,31-,36+/m1/s1. The number of amides is 11. The summed E-state index contributed by atoms with van der Waals surface area (Å²) in [6.07, 6.45) is 0.265. The summed E-state index contributed by atoms with van der Waals surface area (Å²) in [5.41, 5.74) is 22.3. The van der Waals surface area contributed by atoms with E-state index >= 15 is 0 Å². The molecule has 382 valence electrons. The van der Waals surface area contributed by atoms with Crippen LogP contribution in [0.4, 0.5) is 0 Å². The molecule has 0 aromatic heterocycles. The molecule has 0 radical (unpaired) electrons. The summed E-state index contributed by atoms with van der Waals surface area (Å²) < 4.78 is 0. The number of benzene rings is 1. The first kappa shape index (κ1) is 57.2. The Bertz CT molecular complexity index is 2010. The Labute approximate surface area is 407 Å². The largest absolute Gasteiger partial charge is 0.508 e. The molecule has 0 bridgehead atoms. The molecule has 2 fully saturated rings. The lowest BCUT2D eigenvalue weighted by molar-refractivity contribution is -0.142. The van der Waals surface area contributed by atoms with Gasteiger partial charge in [0.05, 0.1) is 13.0 Å². The number of carbonyl (C=O) groups is 11. The lowest BCUT2D eigenvalue weighted by Gasteiger charge is -2.31. The first-order chi connectivity index (χ1) is 32.7. The van der Waals surface area contributed by atoms with Gasteiger partial charge >= 0.3 is 0 Å². The van der Waals surface area contributed by atoms with E-state index in [4.69, 9.17) is 22.9 Å². The van der Waals surface area contributed by atoms with Gasteiger partial charge in [-0.1, -0.05) is 54.0 Å². The Morgan fingerprint density at radius 3 is 2.13 bits per heavy atom. The number of rotatable bonds is 19. The maximum atomic E-state index is 14.5. The molecule has 2 aliphatic heterocycles. The van der Waals surface area contributed by atoms with Gasteiger partial charge in [0.1, 0.15) is 48.0 Å². The molecule has 2 heterocycles. The van der Waals surface area contributed by atoms with Crippen LogP contribution in [-0.4, -0.2) is 148 Å². The van der Waals surface area contributed by atoms with E-state index in [-0.39, 0.29) is 55.9 Å². The number of phenolic OH excluding ortho intramolecular Hbond substituents is 1. The third kappa shape index (κ3) is 19.4. The maximum Gasteiger partial charge on any atom is 0.246 e. The number of hydrogen-bond acceptors (Lipinski definition) is 15. The number of carbonyl (C=O) groups excluding carboxylic acids is 11. The van der Waals surface area contributed by atoms with Crippen LogP contribution in [0.1, 0.15) is 83.6 Å². The van der Waals surface area contributed by atoms with Crippen LogP contribution in [0.3, 0.4) is 0 Å². The molecular weight excluding hydrogens is 941 g/mol. The van der Waals surface area contributed by atoms with Gasteiger partial charge in [0.25, 0.3) is 0 Å². The summed E-state index contributed by atoms with van der Waals surface area (Å²) in [7, 11) is 2.23. The minimum atomic E-state index is -1.73. The highest BCUT2D eigenvalue weighted by Gasteiger charge is 2.40. The summed E-state index contributed by atoms with van der Waals surface area (Å²) >= 11 is 0. The number of phenols is 1. The van der Waals surface area contributed by atoms with Gasteiger partial charge in [0, 0.05) is 37.3 Å². The molecule has 69 heavy (non-hydrogen) atoms. The fraction of sp³-hybridized carbons (Fsp3) is 0.605. The summed E-state index contributed by atoms with van der Waals surface area (Å²) in [5.74, 6) is -9.62. The highest BCUT2D eigenvalue weighted by Crippen LogP contribution is 2.26. The van der Waals surface area contributed by atoms with Crippen molar-refractivity contribution in [1.82, 2.24) is 42.1 Å². The Morgan fingerprint density at radius 1 is 0.826 bits per heavy atom. The third-order valence-electron chi connectivity index (χ3n) is 11.4. The van der Waals surface area contributed by atoms with Crippen molar-refractivity contribution >= 4 is 86.6 Å². The molecule has 16 N–H and O–H groups in total. The third-order valence-corrected chi connectivity index (χ3v) is 13.8. The quantitative estimate of drug-likeness (QED) is 0.0474. The van der Waals surface area contributed by atoms with E-state index in [1.54, 1.807) is 26.0 Å². The van der Waals surface area contributed by atoms with Crippen molar-refractivity contribution in [2.45, 2.75) is 127 Å². The zero-order chi connectivity index (χ0) is 51.2. The zero-order valence-corrected chi connectivity index (χ0v) is 40.4. The van der Waals surface area contributed by atoms with Gasteiger partial charge in [0.15, 0.2) is 0 Å². The average Bonchev–Trinajstić information content (AvgIpc) is 3.80. The fourth-order valence-electron chi connectivity index (χ4n) is 7.39. The van der Waals surface area contributed by atoms with Crippen molar-refractivity contribution in [2.24, 2.45) is 28.9 Å². The van der Waals surface area contributed by atoms with Crippen molar-refractivity contribution in [3.63, 3.8) is 0 Å². The summed E-state index contributed by atoms with van der Waals surface area (Å²) in [6.45, 7) is 3.33. The fourth-order valence-corrected chi connectivity index (χ4v) is 9.53. The molecule has 0 spiro atoms. The van der Waals surface area contributed by atoms with Crippen LogP contribution < -0.4 is 60.2 Å². The van der Waals surface area contributed by atoms with Crippen LogP contribution in [0.5, 0.6) is 5.75 Å². The van der Waals surface area contributed by atoms with Crippen LogP contribution in [0.25, 0.3) is 0 Å². The first-order valence-electron chi connectivity index (χ1n) is 22.7. The molecule has 8 atom stereocenters. The molecule has 3 rings (SSSR count). The van der Waals surface area contributed by atoms with Crippen LogP contribution in [0.15, 0.2) is 24.3 Å². The SMILES string of the molecule is CC[C@@H](C)[C@@H]1NC(=O)[C@@H](Cc2ccc(O)cc2)NC(=O)CCSSC[C@@H](C(=O)N2CCC[C@@H]2C(=O)N[C@@H](CCCCN)C(=O)NCC(N)=O)NC(=O)[C@H](CC(N)=O)NC(=O)[C@@H](CCC(N)=O)NC1=O. The summed E-state index contributed by atoms with van der Waals surface area (Å²) in [5, 5.41) is 27.8. The molecule has 2 aliphatic rings. The van der Waals surface area contributed by atoms with Crippen molar-refractivity contribution in [1.29, 1.82) is 0 Å². The van der Waals surface area contributed by atoms with E-state index in [2.05, 4.69) is 37.2 Å². The smallest absolute Gasteiger partial charge is 0.246 e. The van der Waals surface area contributed by atoms with Crippen LogP contribution in [0.2, 0.25) is 0 Å². The van der Waals surface area contributed by atoms with Gasteiger partial charge in [-0.15, -0.1) is 0 Å². The predicted molar refractivity (Wildman–Crippen MR) is 254 cm³/mol. The van der Waals surface area contributed by atoms with E-state index in [0.717, 1.165) is 21.6 Å². The normalized spacial score (nSPS) is 23.1. The van der Waals surface area contributed by atoms with E-state index < -0.39 is 133 Å². The number of likely N-dealkylation sites (tertiary alicyclic amines) is 1. The highest BCUT2D eigenvalue weighted by atomic mass is 33.1. The van der Waals surface area contributed by atoms with Gasteiger partial charge in [-0.2, -0.15) is 0 Å². The number of hydrogen-bond donors (Lipinski definition) is 12. The molecule has 11 amide bonds. The number of unbranched alkanes of at least 4 members (excludes halogenated alkanes) is 1. The topological polar surface area (TPSA) is 400 Å². The van der Waals surface area contributed by atoms with E-state index in [1.807, 2.05) is 0 Å². The van der Waals surface area contributed by atoms with E-state index in [1.165, 1.54) is 17.0 Å². The molecule has 0 saturated carbocycles. The number of nitrogens with two attached hydrogens (primary N) is 4. The van der Waals surface area contributed by atoms with Gasteiger partial charge in [-0.25, -0.2) is 0 Å². The van der Waals surface area contributed by atoms with Crippen LogP contribution in [-0.2, 0) is 59.2 Å². The second-order valence-electron chi connectivity index (χ2n) is 16.8. The van der Waals surface area contributed by atoms with Crippen LogP contribution in [0, 0.1) is 5.92 Å². The molecule has 24 nitrogen and oxygen atoms in total. The minimum absolute atomic E-state index is 0.0277. The predicted octanol–water partition coefficient (Wildman–Crippen LogP) is -3.46. The van der Waals surface area contributed by atoms with Gasteiger partial charge < -0.3 is 70.2 Å². The van der Waals surface area contributed by atoms with Crippen molar-refractivity contribution in [3.05, 3.63) is 29.8 Å². The Morgan fingerprint density at radius 2 is 1.49 bits per heavy atom. The van der Waals surface area contributed by atoms with Crippen molar-refractivity contribution in [2.75, 3.05) is 31.1 Å². The summed E-state index contributed by atoms with van der Waals surface area (Å²) in [4.78, 5) is 148. The first-order valence-corrected chi connectivity index (χ1v) is 25.2. The molecule has 1 aromatic rings. The van der Waals surface area contributed by atoms with Crippen molar-refractivity contribution in [3.8, 4) is 5.75 Å². The number of primary amides is 3. The van der Waals surface area contributed by atoms with Gasteiger partial charge in [-0.3, -0.25) is 52.7 Å². The monoisotopic (exact) mass is 1010 g/mol. The number of nitrogens with zero attached hydrogens (tertiary/aromatic N) is 1. The lowest BCUT2D eigenvalue weighted by atomic mass is 9.96. The summed E-state index contributed by atoms with van der Waals surface area (Å²) in [6, 6.07) is -3.52. The van der Waals surface area contributed by atoms with E-state index in [9.17, 15) is 57.8 Å². The lowest BCUT2D eigenvalue weighted by Crippen LogP contribution is -2.61. The van der Waals surface area contributed by atoms with Gasteiger partial charge in [-0.05, 0) is 68.7 Å². The van der Waals surface area contributed by atoms with Crippen molar-refractivity contribution < 1.29 is 57.8 Å². The highest BCUT2D eigenvalue weighted by molar-refractivity contribution is 8.76. The Hall–Kier alpha value is -6.15. The Kier molecular flexibility index (Phi) is 24.0. The Balaban J connectivity index is 2.01. The molecule has 26 heteroatoms. The van der Waals surface area contributed by atoms with Crippen LogP contribution >= 0.6 is 21.6 Å². The molecule has 2 saturated heterocycles. The molecular formula is C43H66N12O12S2. The minimum Gasteiger partial charge on any atom is -0.508 e. The molecule has 0 unspecified atom stereocenters. The zero-order valence-electron chi connectivity index (χ0n) is 38.8. The molecule has 0 aliphatic carbocycles.